The van der Waals surface area contributed by atoms with E-state index in [1.807, 2.05) is 61.5 Å². The molecule has 0 aliphatic heterocycles. The van der Waals surface area contributed by atoms with E-state index in [9.17, 15) is 4.79 Å². The van der Waals surface area contributed by atoms with Gasteiger partial charge in [0, 0.05) is 18.4 Å². The highest BCUT2D eigenvalue weighted by atomic mass is 16.5. The standard InChI is InChI=1S/C26H25N3O3/c1-18(19-8-10-21(11-9-19)20-6-4-3-5-7-20)27-24(30)16-17-25-28-26(29-32-25)22-12-14-23(31-2)15-13-22/h3-15,18H,16-17H2,1-2H3,(H,27,30). The molecule has 0 saturated carbocycles. The van der Waals surface area contributed by atoms with Crippen LogP contribution in [0.25, 0.3) is 22.5 Å². The summed E-state index contributed by atoms with van der Waals surface area (Å²) in [6, 6.07) is 25.8. The van der Waals surface area contributed by atoms with Crippen LogP contribution < -0.4 is 10.1 Å². The SMILES string of the molecule is COc1ccc(-c2noc(CCC(=O)NC(C)c3ccc(-c4ccccc4)cc3)n2)cc1. The molecule has 0 saturated heterocycles. The average molecular weight is 428 g/mol. The minimum atomic E-state index is -0.0927. The zero-order valence-electron chi connectivity index (χ0n) is 18.1. The van der Waals surface area contributed by atoms with Crippen molar-refractivity contribution in [3.63, 3.8) is 0 Å². The smallest absolute Gasteiger partial charge is 0.227 e. The maximum Gasteiger partial charge on any atom is 0.227 e. The largest absolute Gasteiger partial charge is 0.497 e. The third-order valence-corrected chi connectivity index (χ3v) is 5.28. The van der Waals surface area contributed by atoms with E-state index >= 15 is 0 Å². The molecule has 32 heavy (non-hydrogen) atoms. The van der Waals surface area contributed by atoms with E-state index in [0.717, 1.165) is 22.4 Å². The Labute approximate surface area is 187 Å². The molecule has 0 bridgehead atoms. The van der Waals surface area contributed by atoms with Gasteiger partial charge in [-0.2, -0.15) is 4.98 Å². The van der Waals surface area contributed by atoms with Gasteiger partial charge in [-0.05, 0) is 47.9 Å². The van der Waals surface area contributed by atoms with Crippen molar-refractivity contribution in [2.75, 3.05) is 7.11 Å². The van der Waals surface area contributed by atoms with E-state index in [0.29, 0.717) is 18.1 Å². The quantitative estimate of drug-likeness (QED) is 0.417. The first-order valence-corrected chi connectivity index (χ1v) is 10.5. The summed E-state index contributed by atoms with van der Waals surface area (Å²) >= 11 is 0. The molecule has 4 rings (SSSR count). The van der Waals surface area contributed by atoms with Gasteiger partial charge < -0.3 is 14.6 Å². The first-order valence-electron chi connectivity index (χ1n) is 10.5. The van der Waals surface area contributed by atoms with E-state index in [1.54, 1.807) is 7.11 Å². The zero-order valence-corrected chi connectivity index (χ0v) is 18.1. The fourth-order valence-corrected chi connectivity index (χ4v) is 3.43. The number of carbonyl (C=O) groups excluding carboxylic acids is 1. The van der Waals surface area contributed by atoms with Crippen molar-refractivity contribution in [2.45, 2.75) is 25.8 Å². The second-order valence-corrected chi connectivity index (χ2v) is 7.52. The van der Waals surface area contributed by atoms with Crippen molar-refractivity contribution in [3.05, 3.63) is 90.3 Å². The second-order valence-electron chi connectivity index (χ2n) is 7.52. The molecule has 4 aromatic rings. The lowest BCUT2D eigenvalue weighted by Crippen LogP contribution is -2.26. The normalized spacial score (nSPS) is 11.7. The number of nitrogens with one attached hydrogen (secondary N) is 1. The summed E-state index contributed by atoms with van der Waals surface area (Å²) in [5, 5.41) is 7.04. The molecule has 0 radical (unpaired) electrons. The minimum absolute atomic E-state index is 0.0613. The number of hydrogen-bond acceptors (Lipinski definition) is 5. The fourth-order valence-electron chi connectivity index (χ4n) is 3.43. The van der Waals surface area contributed by atoms with Crippen LogP contribution in [0.2, 0.25) is 0 Å². The van der Waals surface area contributed by atoms with Gasteiger partial charge in [-0.15, -0.1) is 0 Å². The first kappa shape index (κ1) is 21.3. The number of amides is 1. The number of ether oxygens (including phenoxy) is 1. The monoisotopic (exact) mass is 427 g/mol. The van der Waals surface area contributed by atoms with Gasteiger partial charge in [0.15, 0.2) is 0 Å². The zero-order chi connectivity index (χ0) is 22.3. The Morgan fingerprint density at radius 1 is 0.938 bits per heavy atom. The molecule has 6 heteroatoms. The minimum Gasteiger partial charge on any atom is -0.497 e. The number of carbonyl (C=O) groups is 1. The molecule has 1 amide bonds. The topological polar surface area (TPSA) is 77.2 Å². The fraction of sp³-hybridized carbons (Fsp3) is 0.192. The highest BCUT2D eigenvalue weighted by Gasteiger charge is 2.13. The van der Waals surface area contributed by atoms with Crippen LogP contribution >= 0.6 is 0 Å². The molecular formula is C26H25N3O3. The number of benzene rings is 3. The predicted molar refractivity (Wildman–Crippen MR) is 123 cm³/mol. The molecule has 6 nitrogen and oxygen atoms in total. The summed E-state index contributed by atoms with van der Waals surface area (Å²) in [5.41, 5.74) is 4.21. The Morgan fingerprint density at radius 2 is 1.59 bits per heavy atom. The van der Waals surface area contributed by atoms with Crippen molar-refractivity contribution >= 4 is 5.91 Å². The number of hydrogen-bond donors (Lipinski definition) is 1. The van der Waals surface area contributed by atoms with Crippen LogP contribution in [0, 0.1) is 0 Å². The van der Waals surface area contributed by atoms with Crippen molar-refractivity contribution < 1.29 is 14.1 Å². The number of aryl methyl sites for hydroxylation is 1. The average Bonchev–Trinajstić information content (AvgIpc) is 3.32. The summed E-state index contributed by atoms with van der Waals surface area (Å²) in [4.78, 5) is 16.8. The lowest BCUT2D eigenvalue weighted by molar-refractivity contribution is -0.121. The van der Waals surface area contributed by atoms with Crippen molar-refractivity contribution in [3.8, 4) is 28.3 Å². The maximum atomic E-state index is 12.4. The molecule has 1 N–H and O–H groups in total. The highest BCUT2D eigenvalue weighted by molar-refractivity contribution is 5.76. The first-order chi connectivity index (χ1) is 15.6. The van der Waals surface area contributed by atoms with Gasteiger partial charge in [-0.3, -0.25) is 4.79 Å². The van der Waals surface area contributed by atoms with Crippen LogP contribution in [0.15, 0.2) is 83.4 Å². The molecule has 0 fully saturated rings. The molecule has 1 aromatic heterocycles. The molecule has 1 unspecified atom stereocenters. The molecular weight excluding hydrogens is 402 g/mol. The lowest BCUT2D eigenvalue weighted by atomic mass is 10.0. The van der Waals surface area contributed by atoms with Crippen molar-refractivity contribution in [2.24, 2.45) is 0 Å². The predicted octanol–water partition coefficient (Wildman–Crippen LogP) is 5.22. The van der Waals surface area contributed by atoms with E-state index in [-0.39, 0.29) is 18.4 Å². The maximum absolute atomic E-state index is 12.4. The van der Waals surface area contributed by atoms with E-state index in [4.69, 9.17) is 9.26 Å². The van der Waals surface area contributed by atoms with Crippen LogP contribution in [-0.2, 0) is 11.2 Å². The highest BCUT2D eigenvalue weighted by Crippen LogP contribution is 2.22. The summed E-state index contributed by atoms with van der Waals surface area (Å²) in [6.45, 7) is 1.98. The summed E-state index contributed by atoms with van der Waals surface area (Å²) < 4.78 is 10.5. The molecule has 0 spiro atoms. The third-order valence-electron chi connectivity index (χ3n) is 5.28. The molecule has 1 atom stereocenters. The summed E-state index contributed by atoms with van der Waals surface area (Å²) in [6.07, 6.45) is 0.658. The summed E-state index contributed by atoms with van der Waals surface area (Å²) in [5.74, 6) is 1.63. The Balaban J connectivity index is 1.29. The molecule has 3 aromatic carbocycles. The Kier molecular flexibility index (Phi) is 6.60. The molecule has 162 valence electrons. The number of methoxy groups -OCH3 is 1. The van der Waals surface area contributed by atoms with Gasteiger partial charge in [-0.1, -0.05) is 59.8 Å². The summed E-state index contributed by atoms with van der Waals surface area (Å²) in [7, 11) is 1.62. The van der Waals surface area contributed by atoms with Gasteiger partial charge in [-0.25, -0.2) is 0 Å². The number of nitrogens with zero attached hydrogens (tertiary/aromatic N) is 2. The second kappa shape index (κ2) is 9.92. The van der Waals surface area contributed by atoms with E-state index < -0.39 is 0 Å². The molecule has 0 aliphatic carbocycles. The Hall–Kier alpha value is -3.93. The van der Waals surface area contributed by atoms with Gasteiger partial charge in [0.25, 0.3) is 0 Å². The van der Waals surface area contributed by atoms with Gasteiger partial charge in [0.05, 0.1) is 13.2 Å². The van der Waals surface area contributed by atoms with Crippen LogP contribution in [-0.4, -0.2) is 23.2 Å². The molecule has 0 aliphatic rings. The van der Waals surface area contributed by atoms with Crippen molar-refractivity contribution in [1.82, 2.24) is 15.5 Å². The van der Waals surface area contributed by atoms with Crippen LogP contribution in [0.3, 0.4) is 0 Å². The van der Waals surface area contributed by atoms with E-state index in [1.165, 1.54) is 5.56 Å². The lowest BCUT2D eigenvalue weighted by Gasteiger charge is -2.14. The molecule has 1 heterocycles. The van der Waals surface area contributed by atoms with Crippen molar-refractivity contribution in [1.29, 1.82) is 0 Å². The number of aromatic nitrogens is 2. The van der Waals surface area contributed by atoms with E-state index in [2.05, 4.69) is 39.7 Å². The Morgan fingerprint density at radius 3 is 2.28 bits per heavy atom. The van der Waals surface area contributed by atoms with Crippen LogP contribution in [0.5, 0.6) is 5.75 Å². The van der Waals surface area contributed by atoms with Gasteiger partial charge in [0.2, 0.25) is 17.6 Å². The Bertz CT molecular complexity index is 1150. The van der Waals surface area contributed by atoms with Gasteiger partial charge >= 0.3 is 0 Å². The number of rotatable bonds is 8. The van der Waals surface area contributed by atoms with Crippen LogP contribution in [0.1, 0.15) is 30.8 Å². The van der Waals surface area contributed by atoms with Crippen LogP contribution in [0.4, 0.5) is 0 Å². The third kappa shape index (κ3) is 5.21. The van der Waals surface area contributed by atoms with Gasteiger partial charge in [0.1, 0.15) is 5.75 Å².